The van der Waals surface area contributed by atoms with E-state index in [1.54, 1.807) is 0 Å². The molecule has 0 aliphatic carbocycles. The lowest BCUT2D eigenvalue weighted by Gasteiger charge is -2.08. The number of hydrogen-bond donors (Lipinski definition) is 0. The fraction of sp³-hybridized carbons (Fsp3) is 0.222. The van der Waals surface area contributed by atoms with E-state index in [0.29, 0.717) is 6.42 Å². The summed E-state index contributed by atoms with van der Waals surface area (Å²) in [7, 11) is 0. The van der Waals surface area contributed by atoms with Crippen molar-refractivity contribution in [3.05, 3.63) is 44.0 Å². The lowest BCUT2D eigenvalue weighted by atomic mass is 10.0. The first-order chi connectivity index (χ1) is 8.09. The molecule has 0 bridgehead atoms. The predicted molar refractivity (Wildman–Crippen MR) is 56.7 cm³/mol. The summed E-state index contributed by atoms with van der Waals surface area (Å²) < 4.78 is 0. The van der Waals surface area contributed by atoms with E-state index in [1.165, 1.54) is 18.3 Å². The summed E-state index contributed by atoms with van der Waals surface area (Å²) in [6.45, 7) is 0. The van der Waals surface area contributed by atoms with Crippen LogP contribution >= 0.6 is 0 Å². The number of nitro benzene ring substituents is 2. The number of nitrogens with zero attached hydrogens (tertiary/aromatic N) is 3. The van der Waals surface area contributed by atoms with Gasteiger partial charge in [0.15, 0.2) is 6.10 Å². The largest absolute Gasteiger partial charge is 0.387 e. The summed E-state index contributed by atoms with van der Waals surface area (Å²) in [5.74, 6) is 0. The quantitative estimate of drug-likeness (QED) is 0.589. The summed E-state index contributed by atoms with van der Waals surface area (Å²) >= 11 is 0. The van der Waals surface area contributed by atoms with Crippen molar-refractivity contribution in [1.82, 2.24) is 0 Å². The number of nitro groups is 2. The van der Waals surface area contributed by atoms with Gasteiger partial charge in [0.1, 0.15) is 0 Å². The Morgan fingerprint density at radius 1 is 1.29 bits per heavy atom. The van der Waals surface area contributed by atoms with Gasteiger partial charge in [-0.2, -0.15) is 0 Å². The first-order valence-electron chi connectivity index (χ1n) is 4.70. The fourth-order valence-corrected chi connectivity index (χ4v) is 1.56. The Morgan fingerprint density at radius 2 is 2.06 bits per heavy atom. The molecule has 0 amide bonds. The van der Waals surface area contributed by atoms with Crippen LogP contribution in [0.5, 0.6) is 0 Å². The van der Waals surface area contributed by atoms with E-state index < -0.39 is 16.0 Å². The van der Waals surface area contributed by atoms with E-state index >= 15 is 0 Å². The highest BCUT2D eigenvalue weighted by Gasteiger charge is 2.27. The van der Waals surface area contributed by atoms with Crippen LogP contribution in [0.4, 0.5) is 11.4 Å². The van der Waals surface area contributed by atoms with Crippen LogP contribution in [0.3, 0.4) is 0 Å². The standard InChI is InChI=1S/C9H7N3O5/c13-11(14)6-1-2-7(8(5-6)12(15)16)9-3-4-10-17-9/h1-2,4-5,9H,3H2. The van der Waals surface area contributed by atoms with Crippen molar-refractivity contribution in [1.29, 1.82) is 0 Å². The maximum atomic E-state index is 10.8. The molecular formula is C9H7N3O5. The topological polar surface area (TPSA) is 108 Å². The van der Waals surface area contributed by atoms with Gasteiger partial charge in [-0.3, -0.25) is 20.2 Å². The molecule has 0 spiro atoms. The van der Waals surface area contributed by atoms with E-state index in [4.69, 9.17) is 4.84 Å². The van der Waals surface area contributed by atoms with Crippen molar-refractivity contribution in [3.8, 4) is 0 Å². The van der Waals surface area contributed by atoms with Crippen LogP contribution in [0.25, 0.3) is 0 Å². The minimum atomic E-state index is -0.678. The van der Waals surface area contributed by atoms with Gasteiger partial charge in [-0.05, 0) is 6.07 Å². The van der Waals surface area contributed by atoms with Crippen molar-refractivity contribution in [2.45, 2.75) is 12.5 Å². The average Bonchev–Trinajstić information content (AvgIpc) is 2.81. The molecule has 1 aromatic carbocycles. The van der Waals surface area contributed by atoms with Crippen LogP contribution in [0.15, 0.2) is 23.4 Å². The molecule has 0 N–H and O–H groups in total. The normalized spacial score (nSPS) is 17.8. The molecule has 2 rings (SSSR count). The SMILES string of the molecule is O=[N+]([O-])c1ccc(C2CC=NO2)c([N+](=O)[O-])c1. The van der Waals surface area contributed by atoms with E-state index in [2.05, 4.69) is 5.16 Å². The third-order valence-electron chi connectivity index (χ3n) is 2.35. The summed E-state index contributed by atoms with van der Waals surface area (Å²) in [4.78, 5) is 25.0. The van der Waals surface area contributed by atoms with Crippen LogP contribution in [0, 0.1) is 20.2 Å². The third-order valence-corrected chi connectivity index (χ3v) is 2.35. The second-order valence-electron chi connectivity index (χ2n) is 3.38. The van der Waals surface area contributed by atoms with Crippen LogP contribution in [0.1, 0.15) is 18.1 Å². The zero-order valence-corrected chi connectivity index (χ0v) is 8.48. The molecule has 0 radical (unpaired) electrons. The molecular weight excluding hydrogens is 230 g/mol. The molecule has 1 unspecified atom stereocenters. The Morgan fingerprint density at radius 3 is 2.59 bits per heavy atom. The zero-order chi connectivity index (χ0) is 12.4. The van der Waals surface area contributed by atoms with Crippen LogP contribution in [-0.4, -0.2) is 16.1 Å². The van der Waals surface area contributed by atoms with E-state index in [9.17, 15) is 20.2 Å². The van der Waals surface area contributed by atoms with E-state index in [0.717, 1.165) is 6.07 Å². The molecule has 0 fully saturated rings. The molecule has 0 saturated heterocycles. The Kier molecular flexibility index (Phi) is 2.69. The molecule has 8 nitrogen and oxygen atoms in total. The molecule has 17 heavy (non-hydrogen) atoms. The molecule has 1 aliphatic heterocycles. The lowest BCUT2D eigenvalue weighted by Crippen LogP contribution is -2.02. The van der Waals surface area contributed by atoms with Gasteiger partial charge in [-0.15, -0.1) is 0 Å². The van der Waals surface area contributed by atoms with Crippen LogP contribution < -0.4 is 0 Å². The average molecular weight is 237 g/mol. The highest BCUT2D eigenvalue weighted by Crippen LogP contribution is 2.34. The minimum absolute atomic E-state index is 0.290. The molecule has 1 aromatic rings. The first-order valence-corrected chi connectivity index (χ1v) is 4.70. The Labute approximate surface area is 94.8 Å². The van der Waals surface area contributed by atoms with Gasteiger partial charge in [0.05, 0.1) is 21.5 Å². The second kappa shape index (κ2) is 4.16. The molecule has 0 aromatic heterocycles. The highest BCUT2D eigenvalue weighted by atomic mass is 16.6. The molecule has 1 atom stereocenters. The van der Waals surface area contributed by atoms with E-state index in [1.807, 2.05) is 0 Å². The van der Waals surface area contributed by atoms with Gasteiger partial charge in [0, 0.05) is 18.7 Å². The first kappa shape index (κ1) is 11.0. The summed E-state index contributed by atoms with van der Waals surface area (Å²) in [5.41, 5.74) is -0.354. The van der Waals surface area contributed by atoms with Crippen molar-refractivity contribution >= 4 is 17.6 Å². The van der Waals surface area contributed by atoms with Gasteiger partial charge in [0.2, 0.25) is 0 Å². The number of hydrogen-bond acceptors (Lipinski definition) is 6. The van der Waals surface area contributed by atoms with Crippen LogP contribution in [0.2, 0.25) is 0 Å². The Bertz CT molecular complexity index is 505. The van der Waals surface area contributed by atoms with Gasteiger partial charge in [-0.1, -0.05) is 5.16 Å². The van der Waals surface area contributed by atoms with Crippen molar-refractivity contribution in [2.24, 2.45) is 5.16 Å². The van der Waals surface area contributed by atoms with Gasteiger partial charge >= 0.3 is 0 Å². The number of non-ortho nitro benzene ring substituents is 1. The van der Waals surface area contributed by atoms with Crippen LogP contribution in [-0.2, 0) is 4.84 Å². The number of oxime groups is 1. The summed E-state index contributed by atoms with van der Waals surface area (Å²) in [6.07, 6.45) is 1.37. The summed E-state index contributed by atoms with van der Waals surface area (Å²) in [6, 6.07) is 3.47. The zero-order valence-electron chi connectivity index (χ0n) is 8.48. The maximum absolute atomic E-state index is 10.8. The van der Waals surface area contributed by atoms with Crippen molar-refractivity contribution in [3.63, 3.8) is 0 Å². The fourth-order valence-electron chi connectivity index (χ4n) is 1.56. The van der Waals surface area contributed by atoms with Crippen molar-refractivity contribution in [2.75, 3.05) is 0 Å². The monoisotopic (exact) mass is 237 g/mol. The molecule has 0 saturated carbocycles. The molecule has 88 valence electrons. The van der Waals surface area contributed by atoms with E-state index in [-0.39, 0.29) is 16.9 Å². The smallest absolute Gasteiger partial charge is 0.283 e. The molecule has 1 heterocycles. The molecule has 1 aliphatic rings. The lowest BCUT2D eigenvalue weighted by molar-refractivity contribution is -0.394. The van der Waals surface area contributed by atoms with Gasteiger partial charge in [0.25, 0.3) is 11.4 Å². The maximum Gasteiger partial charge on any atom is 0.283 e. The van der Waals surface area contributed by atoms with Gasteiger partial charge < -0.3 is 4.84 Å². The number of rotatable bonds is 3. The second-order valence-corrected chi connectivity index (χ2v) is 3.38. The minimum Gasteiger partial charge on any atom is -0.387 e. The highest BCUT2D eigenvalue weighted by molar-refractivity contribution is 5.61. The van der Waals surface area contributed by atoms with Gasteiger partial charge in [-0.25, -0.2) is 0 Å². The predicted octanol–water partition coefficient (Wildman–Crippen LogP) is 1.95. The molecule has 8 heteroatoms. The third kappa shape index (κ3) is 2.05. The number of benzene rings is 1. The Hall–Kier alpha value is -2.51. The van der Waals surface area contributed by atoms with Crippen molar-refractivity contribution < 1.29 is 14.7 Å². The Balaban J connectivity index is 2.44. The summed E-state index contributed by atoms with van der Waals surface area (Å²) in [5, 5.41) is 24.9.